The maximum Gasteiger partial charge on any atom is 0.243 e. The molecule has 0 bridgehead atoms. The molecule has 3 nitrogen and oxygen atoms in total. The van der Waals surface area contributed by atoms with Crippen LogP contribution in [0.3, 0.4) is 0 Å². The second-order valence-electron chi connectivity index (χ2n) is 5.96. The molecule has 3 atom stereocenters. The lowest BCUT2D eigenvalue weighted by Gasteiger charge is -2.28. The molecule has 0 amide bonds. The molecule has 0 aliphatic carbocycles. The van der Waals surface area contributed by atoms with E-state index in [4.69, 9.17) is 0 Å². The molecule has 2 rings (SSSR count). The molecule has 1 aromatic carbocycles. The molecule has 0 saturated carbocycles. The van der Waals surface area contributed by atoms with Crippen molar-refractivity contribution >= 4 is 32.6 Å². The van der Waals surface area contributed by atoms with Gasteiger partial charge >= 0.3 is 0 Å². The maximum absolute atomic E-state index is 13.0. The van der Waals surface area contributed by atoms with E-state index < -0.39 is 10.0 Å². The molecular weight excluding hydrogens is 397 g/mol. The van der Waals surface area contributed by atoms with Gasteiger partial charge in [0.15, 0.2) is 0 Å². The number of sulfonamides is 1. The van der Waals surface area contributed by atoms with Crippen LogP contribution in [0.1, 0.15) is 45.1 Å². The Hall–Kier alpha value is -0.140. The minimum Gasteiger partial charge on any atom is -0.207 e. The third-order valence-electron chi connectivity index (χ3n) is 4.19. The summed E-state index contributed by atoms with van der Waals surface area (Å²) in [6, 6.07) is 7.42. The van der Waals surface area contributed by atoms with Crippen molar-refractivity contribution in [3.05, 3.63) is 29.8 Å². The molecule has 0 spiro atoms. The predicted octanol–water partition coefficient (Wildman–Crippen LogP) is 4.14. The van der Waals surface area contributed by atoms with Crippen LogP contribution in [0.15, 0.2) is 29.2 Å². The largest absolute Gasteiger partial charge is 0.243 e. The highest BCUT2D eigenvalue weighted by atomic mass is 127. The number of nitrogens with zero attached hydrogens (tertiary/aromatic N) is 1. The Morgan fingerprint density at radius 1 is 1.29 bits per heavy atom. The zero-order valence-electron chi connectivity index (χ0n) is 12.9. The number of halogens is 1. The Labute approximate surface area is 142 Å². The molecule has 1 fully saturated rings. The Balaban J connectivity index is 2.33. The monoisotopic (exact) mass is 421 g/mol. The van der Waals surface area contributed by atoms with E-state index in [0.29, 0.717) is 8.82 Å². The van der Waals surface area contributed by atoms with Crippen LogP contribution in [0.5, 0.6) is 0 Å². The summed E-state index contributed by atoms with van der Waals surface area (Å²) >= 11 is 2.42. The molecular formula is C16H24INO2S. The van der Waals surface area contributed by atoms with Gasteiger partial charge in [0, 0.05) is 16.0 Å². The van der Waals surface area contributed by atoms with Gasteiger partial charge in [-0.3, -0.25) is 0 Å². The lowest BCUT2D eigenvalue weighted by Crippen LogP contribution is -2.41. The summed E-state index contributed by atoms with van der Waals surface area (Å²) in [5, 5.41) is 0. The van der Waals surface area contributed by atoms with Crippen LogP contribution >= 0.6 is 22.6 Å². The third-order valence-corrected chi connectivity index (χ3v) is 7.59. The lowest BCUT2D eigenvalue weighted by molar-refractivity contribution is 0.320. The van der Waals surface area contributed by atoms with Crippen molar-refractivity contribution in [3.63, 3.8) is 0 Å². The number of aryl methyl sites for hydroxylation is 1. The summed E-state index contributed by atoms with van der Waals surface area (Å²) in [6.45, 7) is 6.16. The van der Waals surface area contributed by atoms with Crippen LogP contribution in [-0.4, -0.2) is 28.7 Å². The molecule has 118 valence electrons. The first kappa shape index (κ1) is 17.2. The van der Waals surface area contributed by atoms with E-state index in [0.717, 1.165) is 31.2 Å². The molecule has 1 heterocycles. The molecule has 5 heteroatoms. The predicted molar refractivity (Wildman–Crippen MR) is 95.4 cm³/mol. The molecule has 0 aromatic heterocycles. The SMILES string of the molecule is CCCC[C@@H]1[C@@H](I)C[C@@H](C)N1S(=O)(=O)c1ccc(C)cc1. The molecule has 1 aromatic rings. The minimum atomic E-state index is -3.39. The summed E-state index contributed by atoms with van der Waals surface area (Å²) in [5.74, 6) is 0. The van der Waals surface area contributed by atoms with E-state index in [2.05, 4.69) is 29.5 Å². The average molecular weight is 421 g/mol. The quantitative estimate of drug-likeness (QED) is 0.530. The Kier molecular flexibility index (Phi) is 5.71. The van der Waals surface area contributed by atoms with Gasteiger partial charge in [0.25, 0.3) is 0 Å². The number of rotatable bonds is 5. The van der Waals surface area contributed by atoms with Crippen LogP contribution in [-0.2, 0) is 10.0 Å². The first-order valence-corrected chi connectivity index (χ1v) is 10.3. The Morgan fingerprint density at radius 2 is 1.90 bits per heavy atom. The fourth-order valence-electron chi connectivity index (χ4n) is 3.04. The highest BCUT2D eigenvalue weighted by molar-refractivity contribution is 14.1. The van der Waals surface area contributed by atoms with Gasteiger partial charge in [0.05, 0.1) is 4.90 Å². The van der Waals surface area contributed by atoms with Crippen molar-refractivity contribution in [2.75, 3.05) is 0 Å². The number of unbranched alkanes of at least 4 members (excludes halogenated alkanes) is 1. The fraction of sp³-hybridized carbons (Fsp3) is 0.625. The molecule has 1 saturated heterocycles. The summed E-state index contributed by atoms with van der Waals surface area (Å²) in [4.78, 5) is 0.423. The maximum atomic E-state index is 13.0. The van der Waals surface area contributed by atoms with E-state index in [1.807, 2.05) is 26.0 Å². The number of hydrogen-bond donors (Lipinski definition) is 0. The van der Waals surface area contributed by atoms with Gasteiger partial charge in [-0.15, -0.1) is 0 Å². The van der Waals surface area contributed by atoms with Crippen molar-refractivity contribution in [1.29, 1.82) is 0 Å². The van der Waals surface area contributed by atoms with Crippen LogP contribution < -0.4 is 0 Å². The van der Waals surface area contributed by atoms with E-state index in [-0.39, 0.29) is 12.1 Å². The lowest BCUT2D eigenvalue weighted by atomic mass is 10.1. The highest BCUT2D eigenvalue weighted by Crippen LogP contribution is 2.37. The zero-order valence-corrected chi connectivity index (χ0v) is 15.9. The van der Waals surface area contributed by atoms with E-state index in [1.165, 1.54) is 0 Å². The van der Waals surface area contributed by atoms with Gasteiger partial charge in [-0.05, 0) is 38.8 Å². The van der Waals surface area contributed by atoms with E-state index in [1.54, 1.807) is 16.4 Å². The van der Waals surface area contributed by atoms with Crippen molar-refractivity contribution in [1.82, 2.24) is 4.31 Å². The zero-order chi connectivity index (χ0) is 15.6. The van der Waals surface area contributed by atoms with E-state index in [9.17, 15) is 8.42 Å². The molecule has 0 N–H and O–H groups in total. The second-order valence-corrected chi connectivity index (χ2v) is 9.40. The summed E-state index contributed by atoms with van der Waals surface area (Å²) < 4.78 is 28.2. The number of alkyl halides is 1. The second kappa shape index (κ2) is 6.96. The van der Waals surface area contributed by atoms with Crippen molar-refractivity contribution in [2.24, 2.45) is 0 Å². The van der Waals surface area contributed by atoms with E-state index >= 15 is 0 Å². The average Bonchev–Trinajstić information content (AvgIpc) is 2.71. The number of hydrogen-bond acceptors (Lipinski definition) is 2. The van der Waals surface area contributed by atoms with Gasteiger partial charge < -0.3 is 0 Å². The van der Waals surface area contributed by atoms with Crippen LogP contribution in [0.25, 0.3) is 0 Å². The summed E-state index contributed by atoms with van der Waals surface area (Å²) in [6.07, 6.45) is 4.09. The normalized spacial score (nSPS) is 27.1. The Bertz CT molecular complexity index is 570. The molecule has 1 aliphatic rings. The van der Waals surface area contributed by atoms with Gasteiger partial charge in [0.2, 0.25) is 10.0 Å². The topological polar surface area (TPSA) is 37.4 Å². The third kappa shape index (κ3) is 3.62. The van der Waals surface area contributed by atoms with Crippen molar-refractivity contribution < 1.29 is 8.42 Å². The van der Waals surface area contributed by atoms with Gasteiger partial charge in [-0.2, -0.15) is 4.31 Å². The van der Waals surface area contributed by atoms with Crippen LogP contribution in [0.2, 0.25) is 0 Å². The first-order valence-electron chi connectivity index (χ1n) is 7.62. The smallest absolute Gasteiger partial charge is 0.207 e. The van der Waals surface area contributed by atoms with Crippen molar-refractivity contribution in [2.45, 2.75) is 67.4 Å². The fourth-order valence-corrected chi connectivity index (χ4v) is 6.59. The van der Waals surface area contributed by atoms with Crippen LogP contribution in [0.4, 0.5) is 0 Å². The van der Waals surface area contributed by atoms with Gasteiger partial charge in [0.1, 0.15) is 0 Å². The van der Waals surface area contributed by atoms with Crippen LogP contribution in [0, 0.1) is 6.92 Å². The summed E-state index contributed by atoms with van der Waals surface area (Å²) in [5.41, 5.74) is 1.08. The first-order chi connectivity index (χ1) is 9.87. The van der Waals surface area contributed by atoms with Gasteiger partial charge in [-0.25, -0.2) is 8.42 Å². The molecule has 0 unspecified atom stereocenters. The standard InChI is InChI=1S/C16H24INO2S/c1-4-5-6-16-15(17)11-13(3)18(16)21(19,20)14-9-7-12(2)8-10-14/h7-10,13,15-16H,4-6,11H2,1-3H3/t13-,15+,16-/m1/s1. The minimum absolute atomic E-state index is 0.0834. The Morgan fingerprint density at radius 3 is 2.48 bits per heavy atom. The van der Waals surface area contributed by atoms with Crippen molar-refractivity contribution in [3.8, 4) is 0 Å². The highest BCUT2D eigenvalue weighted by Gasteiger charge is 2.44. The molecule has 0 radical (unpaired) electrons. The van der Waals surface area contributed by atoms with Gasteiger partial charge in [-0.1, -0.05) is 60.1 Å². The molecule has 21 heavy (non-hydrogen) atoms. The molecule has 1 aliphatic heterocycles. The number of benzene rings is 1. The summed E-state index contributed by atoms with van der Waals surface area (Å²) in [7, 11) is -3.39.